The largest absolute Gasteiger partial charge is 0.387 e. The van der Waals surface area contributed by atoms with Gasteiger partial charge in [-0.2, -0.15) is 4.31 Å². The van der Waals surface area contributed by atoms with E-state index in [1.54, 1.807) is 25.1 Å². The van der Waals surface area contributed by atoms with Crippen molar-refractivity contribution in [3.63, 3.8) is 0 Å². The maximum Gasteiger partial charge on any atom is 0.271 e. The summed E-state index contributed by atoms with van der Waals surface area (Å²) in [6.07, 6.45) is 2.55. The van der Waals surface area contributed by atoms with E-state index in [4.69, 9.17) is 4.84 Å². The first-order valence-corrected chi connectivity index (χ1v) is 9.84. The number of hydrogen-bond donors (Lipinski definition) is 0. The van der Waals surface area contributed by atoms with Crippen molar-refractivity contribution in [2.75, 3.05) is 25.9 Å². The molecule has 0 aliphatic carbocycles. The van der Waals surface area contributed by atoms with Gasteiger partial charge in [0.05, 0.1) is 24.5 Å². The zero-order chi connectivity index (χ0) is 18.1. The maximum absolute atomic E-state index is 12.6. The Kier molecular flexibility index (Phi) is 4.79. The Labute approximate surface area is 147 Å². The average molecular weight is 366 g/mol. The fourth-order valence-electron chi connectivity index (χ4n) is 3.11. The number of pyridine rings is 1. The summed E-state index contributed by atoms with van der Waals surface area (Å²) in [7, 11) is -1.57. The molecule has 3 heterocycles. The molecule has 0 unspecified atom stereocenters. The van der Waals surface area contributed by atoms with Crippen molar-refractivity contribution >= 4 is 21.6 Å². The van der Waals surface area contributed by atoms with Crippen LogP contribution in [0.4, 0.5) is 0 Å². The Morgan fingerprint density at radius 2 is 2.24 bits per heavy atom. The van der Waals surface area contributed by atoms with E-state index in [0.717, 1.165) is 5.69 Å². The molecule has 1 amide bonds. The van der Waals surface area contributed by atoms with Crippen LogP contribution in [0.1, 0.15) is 25.5 Å². The predicted octanol–water partition coefficient (Wildman–Crippen LogP) is 0.611. The molecule has 0 saturated carbocycles. The zero-order valence-corrected chi connectivity index (χ0v) is 15.2. The standard InChI is InChI=1S/C16H22N4O4S/c1-3-25(22,23)20-9-7-16(12-20)10-14(18-24-16)15(21)19(2)11-13-6-4-5-8-17-13/h4-6,8H,3,7,9-12H2,1-2H3/t16-/m1/s1. The minimum atomic E-state index is -3.26. The monoisotopic (exact) mass is 366 g/mol. The summed E-state index contributed by atoms with van der Waals surface area (Å²) < 4.78 is 25.5. The van der Waals surface area contributed by atoms with Gasteiger partial charge in [-0.3, -0.25) is 9.78 Å². The number of oxime groups is 1. The van der Waals surface area contributed by atoms with Crippen molar-refractivity contribution in [3.05, 3.63) is 30.1 Å². The van der Waals surface area contributed by atoms with Crippen LogP contribution in [0.5, 0.6) is 0 Å². The molecule has 1 aromatic rings. The van der Waals surface area contributed by atoms with Crippen LogP contribution < -0.4 is 0 Å². The lowest BCUT2D eigenvalue weighted by Gasteiger charge is -2.21. The van der Waals surface area contributed by atoms with Crippen LogP contribution in [-0.2, 0) is 26.2 Å². The number of carbonyl (C=O) groups excluding carboxylic acids is 1. The first kappa shape index (κ1) is 17.8. The van der Waals surface area contributed by atoms with Gasteiger partial charge in [0.1, 0.15) is 5.71 Å². The molecule has 0 N–H and O–H groups in total. The summed E-state index contributed by atoms with van der Waals surface area (Å²) in [5, 5.41) is 3.96. The maximum atomic E-state index is 12.6. The molecule has 1 fully saturated rings. The number of aromatic nitrogens is 1. The van der Waals surface area contributed by atoms with Crippen molar-refractivity contribution in [1.29, 1.82) is 0 Å². The van der Waals surface area contributed by atoms with E-state index >= 15 is 0 Å². The molecule has 0 radical (unpaired) electrons. The van der Waals surface area contributed by atoms with Gasteiger partial charge in [0, 0.05) is 32.6 Å². The second-order valence-electron chi connectivity index (χ2n) is 6.46. The molecule has 1 spiro atoms. The normalized spacial score (nSPS) is 23.5. The van der Waals surface area contributed by atoms with Crippen LogP contribution in [0.15, 0.2) is 29.6 Å². The van der Waals surface area contributed by atoms with E-state index in [9.17, 15) is 13.2 Å². The highest BCUT2D eigenvalue weighted by atomic mass is 32.2. The van der Waals surface area contributed by atoms with E-state index < -0.39 is 15.6 Å². The van der Waals surface area contributed by atoms with Gasteiger partial charge in [-0.25, -0.2) is 8.42 Å². The topological polar surface area (TPSA) is 92.2 Å². The van der Waals surface area contributed by atoms with Crippen LogP contribution in [-0.4, -0.2) is 65.7 Å². The molecular weight excluding hydrogens is 344 g/mol. The van der Waals surface area contributed by atoms with Gasteiger partial charge in [-0.1, -0.05) is 11.2 Å². The first-order chi connectivity index (χ1) is 11.9. The third-order valence-corrected chi connectivity index (χ3v) is 6.43. The summed E-state index contributed by atoms with van der Waals surface area (Å²) in [5.41, 5.74) is 0.404. The smallest absolute Gasteiger partial charge is 0.271 e. The van der Waals surface area contributed by atoms with Crippen LogP contribution in [0.2, 0.25) is 0 Å². The Balaban J connectivity index is 1.62. The minimum Gasteiger partial charge on any atom is -0.387 e. The molecule has 0 bridgehead atoms. The van der Waals surface area contributed by atoms with Gasteiger partial charge >= 0.3 is 0 Å². The molecule has 9 heteroatoms. The summed E-state index contributed by atoms with van der Waals surface area (Å²) in [5.74, 6) is -0.165. The summed E-state index contributed by atoms with van der Waals surface area (Å²) in [4.78, 5) is 23.9. The molecule has 8 nitrogen and oxygen atoms in total. The highest BCUT2D eigenvalue weighted by Crippen LogP contribution is 2.35. The lowest BCUT2D eigenvalue weighted by Crippen LogP contribution is -2.39. The molecule has 1 saturated heterocycles. The Bertz CT molecular complexity index is 781. The molecular formula is C16H22N4O4S. The van der Waals surface area contributed by atoms with Crippen LogP contribution in [0.3, 0.4) is 0 Å². The highest BCUT2D eigenvalue weighted by Gasteiger charge is 2.49. The number of sulfonamides is 1. The second-order valence-corrected chi connectivity index (χ2v) is 8.71. The Morgan fingerprint density at radius 3 is 2.92 bits per heavy atom. The van der Waals surface area contributed by atoms with E-state index in [2.05, 4.69) is 10.1 Å². The SMILES string of the molecule is CCS(=O)(=O)N1CC[C@@]2(CC(C(=O)N(C)Cc3ccccn3)=NO2)C1. The predicted molar refractivity (Wildman–Crippen MR) is 92.2 cm³/mol. The summed E-state index contributed by atoms with van der Waals surface area (Å²) in [6, 6.07) is 5.54. The van der Waals surface area contributed by atoms with Gasteiger partial charge in [0.25, 0.3) is 5.91 Å². The van der Waals surface area contributed by atoms with Gasteiger partial charge < -0.3 is 9.74 Å². The van der Waals surface area contributed by atoms with Crippen molar-refractivity contribution in [2.24, 2.45) is 5.16 Å². The second kappa shape index (κ2) is 6.72. The van der Waals surface area contributed by atoms with E-state index in [0.29, 0.717) is 31.6 Å². The van der Waals surface area contributed by atoms with Crippen LogP contribution in [0.25, 0.3) is 0 Å². The van der Waals surface area contributed by atoms with Crippen LogP contribution in [0, 0.1) is 0 Å². The van der Waals surface area contributed by atoms with E-state index in [1.165, 1.54) is 4.31 Å². The fourth-order valence-corrected chi connectivity index (χ4v) is 4.28. The number of hydrogen-bond acceptors (Lipinski definition) is 6. The third-order valence-electron chi connectivity index (χ3n) is 4.60. The molecule has 2 aliphatic heterocycles. The Morgan fingerprint density at radius 1 is 1.44 bits per heavy atom. The summed E-state index contributed by atoms with van der Waals surface area (Å²) >= 11 is 0. The van der Waals surface area contributed by atoms with E-state index in [1.807, 2.05) is 18.2 Å². The molecule has 2 aliphatic rings. The van der Waals surface area contributed by atoms with E-state index in [-0.39, 0.29) is 18.2 Å². The number of amides is 1. The molecule has 0 aromatic carbocycles. The van der Waals surface area contributed by atoms with Gasteiger partial charge in [-0.15, -0.1) is 0 Å². The van der Waals surface area contributed by atoms with Crippen molar-refractivity contribution in [1.82, 2.24) is 14.2 Å². The lowest BCUT2D eigenvalue weighted by molar-refractivity contribution is -0.123. The molecule has 1 aromatic heterocycles. The number of carbonyl (C=O) groups is 1. The summed E-state index contributed by atoms with van der Waals surface area (Å²) in [6.45, 7) is 2.64. The lowest BCUT2D eigenvalue weighted by atomic mass is 9.96. The zero-order valence-electron chi connectivity index (χ0n) is 14.4. The third kappa shape index (κ3) is 3.67. The minimum absolute atomic E-state index is 0.0581. The van der Waals surface area contributed by atoms with Crippen molar-refractivity contribution in [2.45, 2.75) is 31.9 Å². The fraction of sp³-hybridized carbons (Fsp3) is 0.562. The number of rotatable bonds is 5. The molecule has 136 valence electrons. The van der Waals surface area contributed by atoms with Crippen molar-refractivity contribution < 1.29 is 18.0 Å². The first-order valence-electron chi connectivity index (χ1n) is 8.23. The van der Waals surface area contributed by atoms with Gasteiger partial charge in [-0.05, 0) is 19.1 Å². The quantitative estimate of drug-likeness (QED) is 0.761. The molecule has 1 atom stereocenters. The highest BCUT2D eigenvalue weighted by molar-refractivity contribution is 7.89. The van der Waals surface area contributed by atoms with Gasteiger partial charge in [0.15, 0.2) is 5.60 Å². The van der Waals surface area contributed by atoms with Crippen molar-refractivity contribution in [3.8, 4) is 0 Å². The average Bonchev–Trinajstić information content (AvgIpc) is 3.23. The number of nitrogens with zero attached hydrogens (tertiary/aromatic N) is 4. The molecule has 3 rings (SSSR count). The molecule has 25 heavy (non-hydrogen) atoms. The van der Waals surface area contributed by atoms with Crippen LogP contribution >= 0.6 is 0 Å². The van der Waals surface area contributed by atoms with Gasteiger partial charge in [0.2, 0.25) is 10.0 Å². The Hall–Kier alpha value is -2.00.